The Hall–Kier alpha value is -1.40. The Morgan fingerprint density at radius 2 is 2.19 bits per heavy atom. The highest BCUT2D eigenvalue weighted by Gasteiger charge is 2.15. The molecule has 1 fully saturated rings. The molecule has 1 aromatic rings. The SMILES string of the molecule is CC(CNC(=O)c1cn(CCN)cn1)CN1CCCCC1. The highest BCUT2D eigenvalue weighted by Crippen LogP contribution is 2.10. The van der Waals surface area contributed by atoms with Gasteiger partial charge in [0.1, 0.15) is 5.69 Å². The second-order valence-electron chi connectivity index (χ2n) is 5.96. The van der Waals surface area contributed by atoms with E-state index in [2.05, 4.69) is 22.1 Å². The minimum absolute atomic E-state index is 0.101. The zero-order chi connectivity index (χ0) is 15.1. The van der Waals surface area contributed by atoms with Crippen LogP contribution in [0.5, 0.6) is 0 Å². The summed E-state index contributed by atoms with van der Waals surface area (Å²) in [6.45, 7) is 7.56. The zero-order valence-corrected chi connectivity index (χ0v) is 12.9. The molecule has 1 atom stereocenters. The van der Waals surface area contributed by atoms with Crippen LogP contribution in [0.15, 0.2) is 12.5 Å². The van der Waals surface area contributed by atoms with Crippen molar-refractivity contribution in [3.8, 4) is 0 Å². The molecule has 1 amide bonds. The number of hydrogen-bond acceptors (Lipinski definition) is 4. The van der Waals surface area contributed by atoms with Gasteiger partial charge < -0.3 is 20.5 Å². The van der Waals surface area contributed by atoms with Gasteiger partial charge in [-0.25, -0.2) is 4.98 Å². The van der Waals surface area contributed by atoms with Crippen molar-refractivity contribution in [3.63, 3.8) is 0 Å². The van der Waals surface area contributed by atoms with E-state index in [9.17, 15) is 4.79 Å². The Morgan fingerprint density at radius 3 is 2.90 bits per heavy atom. The molecular formula is C15H27N5O. The van der Waals surface area contributed by atoms with Crippen LogP contribution in [0.25, 0.3) is 0 Å². The predicted octanol–water partition coefficient (Wildman–Crippen LogP) is 0.694. The minimum atomic E-state index is -0.101. The normalized spacial score (nSPS) is 17.6. The molecule has 118 valence electrons. The van der Waals surface area contributed by atoms with Gasteiger partial charge in [-0.15, -0.1) is 0 Å². The summed E-state index contributed by atoms with van der Waals surface area (Å²) in [5, 5.41) is 2.97. The number of amides is 1. The number of rotatable bonds is 7. The molecule has 0 aromatic carbocycles. The average molecular weight is 293 g/mol. The summed E-state index contributed by atoms with van der Waals surface area (Å²) in [6.07, 6.45) is 7.36. The van der Waals surface area contributed by atoms with Crippen molar-refractivity contribution in [3.05, 3.63) is 18.2 Å². The maximum atomic E-state index is 12.0. The van der Waals surface area contributed by atoms with Crippen molar-refractivity contribution < 1.29 is 4.79 Å². The molecule has 3 N–H and O–H groups in total. The Kier molecular flexibility index (Phi) is 6.20. The number of nitrogens with zero attached hydrogens (tertiary/aromatic N) is 3. The van der Waals surface area contributed by atoms with Gasteiger partial charge in [0.25, 0.3) is 5.91 Å². The fourth-order valence-electron chi connectivity index (χ4n) is 2.75. The van der Waals surface area contributed by atoms with Gasteiger partial charge in [-0.1, -0.05) is 13.3 Å². The molecule has 1 aromatic heterocycles. The molecule has 6 heteroatoms. The second-order valence-corrected chi connectivity index (χ2v) is 5.96. The van der Waals surface area contributed by atoms with E-state index in [1.807, 2.05) is 4.57 Å². The first-order valence-corrected chi connectivity index (χ1v) is 7.91. The molecule has 1 saturated heterocycles. The monoisotopic (exact) mass is 293 g/mol. The van der Waals surface area contributed by atoms with Crippen molar-refractivity contribution in [2.75, 3.05) is 32.7 Å². The Balaban J connectivity index is 1.71. The van der Waals surface area contributed by atoms with Gasteiger partial charge in [-0.05, 0) is 31.8 Å². The summed E-state index contributed by atoms with van der Waals surface area (Å²) in [5.41, 5.74) is 5.95. The van der Waals surface area contributed by atoms with Crippen LogP contribution in [0.1, 0.15) is 36.7 Å². The van der Waals surface area contributed by atoms with Crippen molar-refractivity contribution in [1.29, 1.82) is 0 Å². The molecule has 6 nitrogen and oxygen atoms in total. The van der Waals surface area contributed by atoms with Gasteiger partial charge in [0, 0.05) is 32.4 Å². The molecule has 21 heavy (non-hydrogen) atoms. The lowest BCUT2D eigenvalue weighted by atomic mass is 10.1. The van der Waals surface area contributed by atoms with Gasteiger partial charge in [0.15, 0.2) is 0 Å². The van der Waals surface area contributed by atoms with Crippen LogP contribution in [0.3, 0.4) is 0 Å². The molecule has 2 rings (SSSR count). The number of carbonyl (C=O) groups excluding carboxylic acids is 1. The first-order valence-electron chi connectivity index (χ1n) is 7.91. The van der Waals surface area contributed by atoms with Gasteiger partial charge >= 0.3 is 0 Å². The molecule has 1 unspecified atom stereocenters. The highest BCUT2D eigenvalue weighted by molar-refractivity contribution is 5.91. The van der Waals surface area contributed by atoms with E-state index < -0.39 is 0 Å². The molecule has 0 radical (unpaired) electrons. The molecule has 1 aliphatic heterocycles. The lowest BCUT2D eigenvalue weighted by molar-refractivity contribution is 0.0938. The van der Waals surface area contributed by atoms with Crippen LogP contribution < -0.4 is 11.1 Å². The predicted molar refractivity (Wildman–Crippen MR) is 83.1 cm³/mol. The largest absolute Gasteiger partial charge is 0.350 e. The van der Waals surface area contributed by atoms with Gasteiger partial charge in [-0.3, -0.25) is 4.79 Å². The summed E-state index contributed by atoms with van der Waals surface area (Å²) in [6, 6.07) is 0. The maximum absolute atomic E-state index is 12.0. The van der Waals surface area contributed by atoms with E-state index >= 15 is 0 Å². The van der Waals surface area contributed by atoms with Crippen molar-refractivity contribution in [2.24, 2.45) is 11.7 Å². The van der Waals surface area contributed by atoms with E-state index in [1.165, 1.54) is 32.4 Å². The Bertz CT molecular complexity index is 439. The van der Waals surface area contributed by atoms with Crippen LogP contribution in [0.4, 0.5) is 0 Å². The van der Waals surface area contributed by atoms with E-state index in [1.54, 1.807) is 12.5 Å². The average Bonchev–Trinajstić information content (AvgIpc) is 2.95. The molecule has 2 heterocycles. The standard InChI is InChI=1S/C15H27N5O/c1-13(10-19-6-3-2-4-7-19)9-17-15(21)14-11-20(8-5-16)12-18-14/h11-13H,2-10,16H2,1H3,(H,17,21). The molecular weight excluding hydrogens is 266 g/mol. The highest BCUT2D eigenvalue weighted by atomic mass is 16.1. The smallest absolute Gasteiger partial charge is 0.271 e. The number of carbonyl (C=O) groups is 1. The first-order chi connectivity index (χ1) is 10.2. The summed E-state index contributed by atoms with van der Waals surface area (Å²) in [5.74, 6) is 0.356. The Morgan fingerprint density at radius 1 is 1.43 bits per heavy atom. The molecule has 0 spiro atoms. The fraction of sp³-hybridized carbons (Fsp3) is 0.733. The third-order valence-electron chi connectivity index (χ3n) is 3.88. The number of imidazole rings is 1. The minimum Gasteiger partial charge on any atom is -0.350 e. The van der Waals surface area contributed by atoms with Crippen LogP contribution in [-0.4, -0.2) is 53.1 Å². The van der Waals surface area contributed by atoms with E-state index in [0.29, 0.717) is 31.2 Å². The fourth-order valence-corrected chi connectivity index (χ4v) is 2.75. The van der Waals surface area contributed by atoms with Crippen molar-refractivity contribution in [2.45, 2.75) is 32.7 Å². The van der Waals surface area contributed by atoms with Gasteiger partial charge in [0.2, 0.25) is 0 Å². The topological polar surface area (TPSA) is 76.2 Å². The third kappa shape index (κ3) is 5.13. The summed E-state index contributed by atoms with van der Waals surface area (Å²) < 4.78 is 1.84. The summed E-state index contributed by atoms with van der Waals surface area (Å²) >= 11 is 0. The number of nitrogens with one attached hydrogen (secondary N) is 1. The third-order valence-corrected chi connectivity index (χ3v) is 3.88. The number of likely N-dealkylation sites (tertiary alicyclic amines) is 1. The molecule has 1 aliphatic rings. The summed E-state index contributed by atoms with van der Waals surface area (Å²) in [7, 11) is 0. The van der Waals surface area contributed by atoms with E-state index in [0.717, 1.165) is 6.54 Å². The lowest BCUT2D eigenvalue weighted by Crippen LogP contribution is -2.38. The molecule has 0 saturated carbocycles. The summed E-state index contributed by atoms with van der Waals surface area (Å²) in [4.78, 5) is 18.6. The van der Waals surface area contributed by atoms with Crippen LogP contribution >= 0.6 is 0 Å². The lowest BCUT2D eigenvalue weighted by Gasteiger charge is -2.29. The quantitative estimate of drug-likeness (QED) is 0.775. The second kappa shape index (κ2) is 8.14. The van der Waals surface area contributed by atoms with Gasteiger partial charge in [0.05, 0.1) is 6.33 Å². The number of piperidine rings is 1. The Labute approximate surface area is 126 Å². The number of nitrogens with two attached hydrogens (primary N) is 1. The molecule has 0 aliphatic carbocycles. The van der Waals surface area contributed by atoms with Crippen LogP contribution in [-0.2, 0) is 6.54 Å². The number of hydrogen-bond donors (Lipinski definition) is 2. The van der Waals surface area contributed by atoms with E-state index in [-0.39, 0.29) is 5.91 Å². The number of aromatic nitrogens is 2. The van der Waals surface area contributed by atoms with Crippen molar-refractivity contribution >= 4 is 5.91 Å². The molecule has 0 bridgehead atoms. The van der Waals surface area contributed by atoms with Crippen LogP contribution in [0, 0.1) is 5.92 Å². The maximum Gasteiger partial charge on any atom is 0.271 e. The van der Waals surface area contributed by atoms with E-state index in [4.69, 9.17) is 5.73 Å². The first kappa shape index (κ1) is 16.0. The van der Waals surface area contributed by atoms with Gasteiger partial charge in [-0.2, -0.15) is 0 Å². The zero-order valence-electron chi connectivity index (χ0n) is 12.9. The van der Waals surface area contributed by atoms with Crippen molar-refractivity contribution in [1.82, 2.24) is 19.8 Å². The van der Waals surface area contributed by atoms with Crippen LogP contribution in [0.2, 0.25) is 0 Å².